The molecule has 0 aromatic rings. The molecule has 0 fully saturated rings. The zero-order valence-corrected chi connectivity index (χ0v) is 6.25. The number of aliphatic carboxylic acids is 1. The van der Waals surface area contributed by atoms with Crippen LogP contribution in [0.15, 0.2) is 5.10 Å². The van der Waals surface area contributed by atoms with E-state index in [2.05, 4.69) is 10.5 Å². The number of carboxylic acid groups (broad SMARTS) is 1. The van der Waals surface area contributed by atoms with Crippen LogP contribution in [0.3, 0.4) is 0 Å². The molecule has 5 heteroatoms. The van der Waals surface area contributed by atoms with Crippen molar-refractivity contribution in [1.82, 2.24) is 10.3 Å². The van der Waals surface area contributed by atoms with Gasteiger partial charge in [0.2, 0.25) is 5.84 Å². The molecule has 58 valence electrons. The van der Waals surface area contributed by atoms with Crippen molar-refractivity contribution in [2.75, 3.05) is 21.1 Å². The molecular formula is C5H11N3O2. The monoisotopic (exact) mass is 145 g/mol. The Kier molecular flexibility index (Phi) is 3.24. The van der Waals surface area contributed by atoms with E-state index in [1.165, 1.54) is 4.90 Å². The summed E-state index contributed by atoms with van der Waals surface area (Å²) in [6.07, 6.45) is 0. The highest BCUT2D eigenvalue weighted by Crippen LogP contribution is 1.81. The van der Waals surface area contributed by atoms with Crippen LogP contribution in [-0.4, -0.2) is 43.0 Å². The second-order valence-electron chi connectivity index (χ2n) is 1.86. The van der Waals surface area contributed by atoms with Crippen molar-refractivity contribution in [3.05, 3.63) is 0 Å². The molecule has 0 heterocycles. The third-order valence-electron chi connectivity index (χ3n) is 0.833. The van der Waals surface area contributed by atoms with E-state index in [-0.39, 0.29) is 5.84 Å². The standard InChI is InChI=1S/C5H11N3O2/c1-6-7-4(5(9)10)8(2)3/h6H,1-3H3,(H,9,10). The van der Waals surface area contributed by atoms with Crippen molar-refractivity contribution in [3.63, 3.8) is 0 Å². The van der Waals surface area contributed by atoms with Gasteiger partial charge in [0, 0.05) is 21.1 Å². The van der Waals surface area contributed by atoms with Crippen LogP contribution in [0.2, 0.25) is 0 Å². The molecule has 10 heavy (non-hydrogen) atoms. The summed E-state index contributed by atoms with van der Waals surface area (Å²) in [5, 5.41) is 12.0. The first-order chi connectivity index (χ1) is 4.59. The molecule has 0 aliphatic heterocycles. The van der Waals surface area contributed by atoms with Gasteiger partial charge in [0.1, 0.15) is 0 Å². The summed E-state index contributed by atoms with van der Waals surface area (Å²) in [5.41, 5.74) is 2.40. The molecule has 5 nitrogen and oxygen atoms in total. The van der Waals surface area contributed by atoms with Gasteiger partial charge in [-0.2, -0.15) is 5.10 Å². The number of nitrogens with zero attached hydrogens (tertiary/aromatic N) is 2. The van der Waals surface area contributed by atoms with E-state index in [1.54, 1.807) is 21.1 Å². The van der Waals surface area contributed by atoms with E-state index >= 15 is 0 Å². The lowest BCUT2D eigenvalue weighted by atomic mass is 10.5. The third-order valence-corrected chi connectivity index (χ3v) is 0.833. The van der Waals surface area contributed by atoms with Crippen molar-refractivity contribution < 1.29 is 9.90 Å². The molecule has 0 amide bonds. The van der Waals surface area contributed by atoms with Crippen molar-refractivity contribution in [1.29, 1.82) is 0 Å². The summed E-state index contributed by atoms with van der Waals surface area (Å²) in [4.78, 5) is 11.7. The number of likely N-dealkylation sites (N-methyl/N-ethyl adjacent to an activating group) is 1. The number of amidine groups is 1. The predicted molar refractivity (Wildman–Crippen MR) is 37.8 cm³/mol. The van der Waals surface area contributed by atoms with Crippen LogP contribution in [0, 0.1) is 0 Å². The number of nitrogens with one attached hydrogen (secondary N) is 1. The number of hydrogen-bond acceptors (Lipinski definition) is 3. The Morgan fingerprint density at radius 3 is 2.20 bits per heavy atom. The van der Waals surface area contributed by atoms with E-state index < -0.39 is 5.97 Å². The zero-order valence-electron chi connectivity index (χ0n) is 6.25. The first-order valence-corrected chi connectivity index (χ1v) is 2.74. The molecule has 0 aromatic heterocycles. The average molecular weight is 145 g/mol. The van der Waals surface area contributed by atoms with E-state index in [4.69, 9.17) is 5.11 Å². The molecule has 2 N–H and O–H groups in total. The quantitative estimate of drug-likeness (QED) is 0.287. The van der Waals surface area contributed by atoms with Gasteiger partial charge < -0.3 is 15.4 Å². The maximum atomic E-state index is 10.3. The highest BCUT2D eigenvalue weighted by molar-refractivity contribution is 6.34. The van der Waals surface area contributed by atoms with Crippen LogP contribution in [0.5, 0.6) is 0 Å². The fraction of sp³-hybridized carbons (Fsp3) is 0.600. The third kappa shape index (κ3) is 2.34. The number of carbonyl (C=O) groups is 1. The maximum absolute atomic E-state index is 10.3. The van der Waals surface area contributed by atoms with Gasteiger partial charge in [-0.15, -0.1) is 0 Å². The fourth-order valence-electron chi connectivity index (χ4n) is 0.445. The summed E-state index contributed by atoms with van der Waals surface area (Å²) in [6.45, 7) is 0. The van der Waals surface area contributed by atoms with Gasteiger partial charge >= 0.3 is 5.97 Å². The van der Waals surface area contributed by atoms with Crippen molar-refractivity contribution in [3.8, 4) is 0 Å². The molecule has 0 aromatic carbocycles. The van der Waals surface area contributed by atoms with Crippen LogP contribution in [0.1, 0.15) is 0 Å². The minimum absolute atomic E-state index is 0.0116. The summed E-state index contributed by atoms with van der Waals surface area (Å²) in [6, 6.07) is 0. The van der Waals surface area contributed by atoms with E-state index in [9.17, 15) is 4.79 Å². The molecule has 0 bridgehead atoms. The van der Waals surface area contributed by atoms with E-state index in [0.717, 1.165) is 0 Å². The molecular weight excluding hydrogens is 134 g/mol. The fourth-order valence-corrected chi connectivity index (χ4v) is 0.445. The van der Waals surface area contributed by atoms with Gasteiger partial charge in [-0.05, 0) is 0 Å². The Hall–Kier alpha value is -1.26. The van der Waals surface area contributed by atoms with Crippen LogP contribution in [0.25, 0.3) is 0 Å². The van der Waals surface area contributed by atoms with Gasteiger partial charge in [-0.1, -0.05) is 0 Å². The Balaban J connectivity index is 4.27. The molecule has 0 rings (SSSR count). The molecule has 0 radical (unpaired) electrons. The SMILES string of the molecule is CNN=C(C(=O)O)N(C)C. The number of hydrogen-bond donors (Lipinski definition) is 2. The lowest BCUT2D eigenvalue weighted by Crippen LogP contribution is -2.31. The van der Waals surface area contributed by atoms with Crippen LogP contribution < -0.4 is 5.43 Å². The molecule has 0 saturated carbocycles. The number of hydrazone groups is 1. The molecule has 0 atom stereocenters. The van der Waals surface area contributed by atoms with Crippen molar-refractivity contribution in [2.24, 2.45) is 5.10 Å². The molecule has 0 unspecified atom stereocenters. The Morgan fingerprint density at radius 2 is 2.10 bits per heavy atom. The van der Waals surface area contributed by atoms with E-state index in [1.807, 2.05) is 0 Å². The minimum Gasteiger partial charge on any atom is -0.475 e. The summed E-state index contributed by atoms with van der Waals surface area (Å²) in [5.74, 6) is -1.05. The Labute approximate surface area is 59.3 Å². The normalized spacial score (nSPS) is 10.9. The second-order valence-corrected chi connectivity index (χ2v) is 1.86. The van der Waals surface area contributed by atoms with Crippen LogP contribution in [-0.2, 0) is 4.79 Å². The maximum Gasteiger partial charge on any atom is 0.373 e. The smallest absolute Gasteiger partial charge is 0.373 e. The molecule has 0 spiro atoms. The summed E-state index contributed by atoms with van der Waals surface area (Å²) in [7, 11) is 4.78. The predicted octanol–water partition coefficient (Wildman–Crippen LogP) is -0.834. The zero-order chi connectivity index (χ0) is 8.15. The minimum atomic E-state index is -1.04. The highest BCUT2D eigenvalue weighted by Gasteiger charge is 2.10. The van der Waals surface area contributed by atoms with Crippen molar-refractivity contribution in [2.45, 2.75) is 0 Å². The molecule has 0 saturated heterocycles. The second kappa shape index (κ2) is 3.71. The van der Waals surface area contributed by atoms with Crippen molar-refractivity contribution >= 4 is 11.8 Å². The average Bonchev–Trinajstić information content (AvgIpc) is 1.81. The summed E-state index contributed by atoms with van der Waals surface area (Å²) >= 11 is 0. The van der Waals surface area contributed by atoms with Gasteiger partial charge in [0.05, 0.1) is 0 Å². The lowest BCUT2D eigenvalue weighted by molar-refractivity contribution is -0.130. The topological polar surface area (TPSA) is 64.9 Å². The largest absolute Gasteiger partial charge is 0.475 e. The number of rotatable bonds is 1. The Bertz CT molecular complexity index is 153. The first-order valence-electron chi connectivity index (χ1n) is 2.74. The van der Waals surface area contributed by atoms with Gasteiger partial charge in [0.25, 0.3) is 0 Å². The van der Waals surface area contributed by atoms with Gasteiger partial charge in [-0.25, -0.2) is 4.79 Å². The van der Waals surface area contributed by atoms with Gasteiger partial charge in [0.15, 0.2) is 0 Å². The lowest BCUT2D eigenvalue weighted by Gasteiger charge is -2.09. The van der Waals surface area contributed by atoms with Gasteiger partial charge in [-0.3, -0.25) is 0 Å². The highest BCUT2D eigenvalue weighted by atomic mass is 16.4. The first kappa shape index (κ1) is 8.74. The molecule has 0 aliphatic carbocycles. The van der Waals surface area contributed by atoms with Crippen LogP contribution >= 0.6 is 0 Å². The molecule has 0 aliphatic rings. The van der Waals surface area contributed by atoms with E-state index in [0.29, 0.717) is 0 Å². The number of carboxylic acids is 1. The van der Waals surface area contributed by atoms with Crippen LogP contribution in [0.4, 0.5) is 0 Å². The summed E-state index contributed by atoms with van der Waals surface area (Å²) < 4.78 is 0. The Morgan fingerprint density at radius 1 is 1.60 bits per heavy atom.